The van der Waals surface area contributed by atoms with Crippen molar-refractivity contribution in [2.24, 2.45) is 0 Å². The molecule has 2 aliphatic rings. The molecular weight excluding hydrogens is 1050 g/mol. The van der Waals surface area contributed by atoms with Crippen molar-refractivity contribution in [3.8, 4) is 0 Å². The number of hydrogen-bond acceptors (Lipinski definition) is 11. The molecule has 5 rings (SSSR count). The predicted octanol–water partition coefficient (Wildman–Crippen LogP) is 5.31. The smallest absolute Gasteiger partial charge is 0.374 e. The maximum atomic E-state index is 14.2. The molecule has 6 amide bonds. The molecule has 6 atom stereocenters. The van der Waals surface area contributed by atoms with Crippen molar-refractivity contribution in [2.75, 3.05) is 80.7 Å². The Morgan fingerprint density at radius 2 is 0.925 bits per heavy atom. The number of halogens is 6. The summed E-state index contributed by atoms with van der Waals surface area (Å²) in [5.74, 6) is -6.06. The van der Waals surface area contributed by atoms with Crippen LogP contribution in [0.25, 0.3) is 0 Å². The molecule has 0 aromatic heterocycles. The number of nitrogens with zero attached hydrogens (tertiary/aromatic N) is 6. The first kappa shape index (κ1) is 66.3. The molecule has 2 fully saturated rings. The Hall–Kier alpha value is -6.24. The van der Waals surface area contributed by atoms with E-state index in [4.69, 9.17) is 9.47 Å². The summed E-state index contributed by atoms with van der Waals surface area (Å²) in [6.07, 6.45) is -7.63. The fourth-order valence-electron chi connectivity index (χ4n) is 8.99. The zero-order valence-electron chi connectivity index (χ0n) is 46.8. The van der Waals surface area contributed by atoms with Gasteiger partial charge >= 0.3 is 49.3 Å². The number of alkyl halides is 6. The van der Waals surface area contributed by atoms with Crippen LogP contribution in [0.15, 0.2) is 84.9 Å². The molecule has 0 bridgehead atoms. The van der Waals surface area contributed by atoms with Gasteiger partial charge in [-0.2, -0.15) is 26.3 Å². The van der Waals surface area contributed by atoms with Gasteiger partial charge in [-0.25, -0.2) is 0 Å². The second-order valence-electron chi connectivity index (χ2n) is 20.4. The van der Waals surface area contributed by atoms with Gasteiger partial charge in [0, 0.05) is 51.4 Å². The summed E-state index contributed by atoms with van der Waals surface area (Å²) in [4.78, 5) is 88.0. The Labute approximate surface area is 465 Å². The summed E-state index contributed by atoms with van der Waals surface area (Å²) in [6, 6.07) is 19.3. The minimum atomic E-state index is -5.13. The van der Waals surface area contributed by atoms with E-state index in [0.717, 1.165) is 28.1 Å². The van der Waals surface area contributed by atoms with E-state index in [-0.39, 0.29) is 78.5 Å². The van der Waals surface area contributed by atoms with Gasteiger partial charge in [0.05, 0.1) is 38.5 Å². The zero-order valence-corrected chi connectivity index (χ0v) is 46.8. The van der Waals surface area contributed by atoms with Crippen LogP contribution in [0.2, 0.25) is 6.32 Å². The standard InChI is InChI=1S/C54H72F6N8O8.C2H5BO/c1-37(63(3)4)47(69)61-45(49(71)67-27-13-19-43(67)31-65(51(73)53(55,56)57)29-25-39-15-9-7-10-16-39)35-75-33-41-21-23-42(24-22-41)34-76-36-46(62-48(70)38(2)64(5)6)50(72)68-28-14-20-44(68)32-66(52(74)54(58,59)60)30-26-40-17-11-8-12-18-40;1-2-3-4/h7-12,15-18,21-24,37-38,43-46H,13-14,19-20,25-36H2,1-6H3,(H,61,69)(H,62,70);2H2,1H3/t37-,38-,43-,44-,45-,46-;/m0./s1. The molecule has 440 valence electrons. The van der Waals surface area contributed by atoms with E-state index >= 15 is 0 Å². The van der Waals surface area contributed by atoms with Gasteiger partial charge in [0.25, 0.3) is 0 Å². The molecule has 24 heteroatoms. The molecule has 3 aromatic rings. The number of hydrogen-bond donors (Lipinski definition) is 2. The first-order valence-electron chi connectivity index (χ1n) is 26.9. The average Bonchev–Trinajstić information content (AvgIpc) is 4.16. The monoisotopic (exact) mass is 1130 g/mol. The minimum Gasteiger partial charge on any atom is -0.374 e. The largest absolute Gasteiger partial charge is 0.471 e. The van der Waals surface area contributed by atoms with Gasteiger partial charge in [-0.1, -0.05) is 84.9 Å². The number of likely N-dealkylation sites (N-methyl/N-ethyl adjacent to an activating group) is 2. The second kappa shape index (κ2) is 32.3. The van der Waals surface area contributed by atoms with E-state index in [9.17, 15) is 59.8 Å². The zero-order chi connectivity index (χ0) is 59.2. The third-order valence-corrected chi connectivity index (χ3v) is 14.1. The summed E-state index contributed by atoms with van der Waals surface area (Å²) in [5.41, 5.74) is 2.83. The SMILES string of the molecule is CCB=O.C[C@@H](C(=O)N[C@@H](COCc1ccc(COC[C@H](NC(=O)[C@H](C)N(C)C)C(=O)N2CCC[C@H]2CN(CCc2ccccc2)C(=O)C(F)(F)F)cc1)C(=O)N1CCC[C@H]1CN(CCc1ccccc1)C(=O)C(F)(F)F)N(C)C. The number of rotatable bonds is 27. The summed E-state index contributed by atoms with van der Waals surface area (Å²) in [7, 11) is 7.64. The van der Waals surface area contributed by atoms with Gasteiger partial charge in [-0.15, -0.1) is 0 Å². The topological polar surface area (TPSA) is 181 Å². The molecule has 0 radical (unpaired) electrons. The molecule has 0 aliphatic carbocycles. The van der Waals surface area contributed by atoms with E-state index < -0.39 is 84.0 Å². The minimum absolute atomic E-state index is 0.0112. The van der Waals surface area contributed by atoms with Crippen LogP contribution in [-0.2, 0) is 69.0 Å². The van der Waals surface area contributed by atoms with Gasteiger partial charge in [-0.3, -0.25) is 38.6 Å². The first-order chi connectivity index (χ1) is 37.9. The van der Waals surface area contributed by atoms with Gasteiger partial charge in [-0.05, 0) is 103 Å². The molecule has 2 heterocycles. The van der Waals surface area contributed by atoms with E-state index in [1.165, 1.54) is 9.80 Å². The molecular formula is C56H77BF6N8O9. The van der Waals surface area contributed by atoms with Crippen molar-refractivity contribution < 1.29 is 69.3 Å². The van der Waals surface area contributed by atoms with Gasteiger partial charge in [0.1, 0.15) is 12.1 Å². The number of nitrogens with one attached hydrogen (secondary N) is 2. The maximum Gasteiger partial charge on any atom is 0.471 e. The van der Waals surface area contributed by atoms with E-state index in [0.29, 0.717) is 43.1 Å². The van der Waals surface area contributed by atoms with Crippen molar-refractivity contribution in [1.82, 2.24) is 40.0 Å². The molecule has 0 unspecified atom stereocenters. The molecule has 3 aromatic carbocycles. The van der Waals surface area contributed by atoms with Crippen LogP contribution in [-0.4, -0.2) is 201 Å². The fourth-order valence-corrected chi connectivity index (χ4v) is 8.99. The molecule has 0 spiro atoms. The quantitative estimate of drug-likeness (QED) is 0.0746. The summed E-state index contributed by atoms with van der Waals surface area (Å²) in [5, 5.41) is 5.53. The van der Waals surface area contributed by atoms with E-state index in [2.05, 4.69) is 10.6 Å². The number of amides is 6. The Morgan fingerprint density at radius 3 is 1.23 bits per heavy atom. The Morgan fingerprint density at radius 1 is 0.588 bits per heavy atom. The van der Waals surface area contributed by atoms with Crippen molar-refractivity contribution in [2.45, 2.75) is 127 Å². The normalized spacial score (nSPS) is 16.9. The van der Waals surface area contributed by atoms with Gasteiger partial charge in [0.15, 0.2) is 0 Å². The van der Waals surface area contributed by atoms with Crippen LogP contribution in [0, 0.1) is 0 Å². The summed E-state index contributed by atoms with van der Waals surface area (Å²) < 4.78 is 104. The van der Waals surface area contributed by atoms with Crippen LogP contribution in [0.1, 0.15) is 68.7 Å². The van der Waals surface area contributed by atoms with Crippen molar-refractivity contribution in [3.05, 3.63) is 107 Å². The maximum absolute atomic E-state index is 14.2. The van der Waals surface area contributed by atoms with Gasteiger partial charge in [0.2, 0.25) is 23.6 Å². The second-order valence-corrected chi connectivity index (χ2v) is 20.4. The van der Waals surface area contributed by atoms with Crippen LogP contribution in [0.5, 0.6) is 0 Å². The third kappa shape index (κ3) is 21.0. The van der Waals surface area contributed by atoms with E-state index in [1.54, 1.807) is 137 Å². The molecule has 80 heavy (non-hydrogen) atoms. The Balaban J connectivity index is 0.00000333. The predicted molar refractivity (Wildman–Crippen MR) is 288 cm³/mol. The third-order valence-electron chi connectivity index (χ3n) is 14.1. The number of ether oxygens (including phenoxy) is 2. The van der Waals surface area contributed by atoms with Crippen molar-refractivity contribution in [1.29, 1.82) is 0 Å². The van der Waals surface area contributed by atoms with Crippen LogP contribution in [0.3, 0.4) is 0 Å². The Kier molecular flexibility index (Phi) is 26.7. The van der Waals surface area contributed by atoms with Crippen LogP contribution >= 0.6 is 0 Å². The first-order valence-corrected chi connectivity index (χ1v) is 26.9. The number of carbonyl (C=O) groups excluding carboxylic acids is 6. The summed E-state index contributed by atoms with van der Waals surface area (Å²) in [6.45, 7) is 3.78. The van der Waals surface area contributed by atoms with Crippen molar-refractivity contribution >= 4 is 42.6 Å². The Bertz CT molecular complexity index is 2280. The fraction of sp³-hybridized carbons (Fsp3) is 0.571. The number of likely N-dealkylation sites (tertiary alicyclic amines) is 2. The van der Waals surface area contributed by atoms with Crippen LogP contribution in [0.4, 0.5) is 26.3 Å². The molecule has 2 N–H and O–H groups in total. The van der Waals surface area contributed by atoms with Crippen LogP contribution < -0.4 is 10.6 Å². The molecule has 0 saturated carbocycles. The molecule has 2 aliphatic heterocycles. The average molecular weight is 1130 g/mol. The van der Waals surface area contributed by atoms with Gasteiger partial charge < -0.3 is 39.7 Å². The van der Waals surface area contributed by atoms with E-state index in [1.807, 2.05) is 6.92 Å². The van der Waals surface area contributed by atoms with Crippen molar-refractivity contribution in [3.63, 3.8) is 0 Å². The summed E-state index contributed by atoms with van der Waals surface area (Å²) >= 11 is 0. The number of carbonyl (C=O) groups is 6. The number of benzene rings is 3. The molecule has 2 saturated heterocycles. The molecule has 17 nitrogen and oxygen atoms in total.